The zero-order valence-corrected chi connectivity index (χ0v) is 18.3. The predicted molar refractivity (Wildman–Crippen MR) is 117 cm³/mol. The molecule has 2 heterocycles. The van der Waals surface area contributed by atoms with E-state index in [1.807, 2.05) is 12.1 Å². The molecule has 1 spiro atoms. The maximum atomic E-state index is 12.1. The van der Waals surface area contributed by atoms with Crippen molar-refractivity contribution in [3.05, 3.63) is 82.4 Å². The van der Waals surface area contributed by atoms with Gasteiger partial charge in [-0.1, -0.05) is 12.1 Å². The van der Waals surface area contributed by atoms with E-state index in [1.165, 1.54) is 20.8 Å². The number of hydrogen-bond donors (Lipinski definition) is 0. The molecule has 3 aromatic carbocycles. The summed E-state index contributed by atoms with van der Waals surface area (Å²) in [6.07, 6.45) is 0. The van der Waals surface area contributed by atoms with Crippen LogP contribution in [0.25, 0.3) is 0 Å². The second kappa shape index (κ2) is 7.56. The Morgan fingerprint density at radius 2 is 1.33 bits per heavy atom. The average Bonchev–Trinajstić information content (AvgIpc) is 3.12. The molecule has 0 bridgehead atoms. The van der Waals surface area contributed by atoms with Gasteiger partial charge in [-0.3, -0.25) is 14.4 Å². The lowest BCUT2D eigenvalue weighted by molar-refractivity contribution is -0.132. The van der Waals surface area contributed by atoms with Crippen molar-refractivity contribution in [2.45, 2.75) is 33.0 Å². The first-order valence-electron chi connectivity index (χ1n) is 10.4. The van der Waals surface area contributed by atoms with Crippen LogP contribution in [0.3, 0.4) is 0 Å². The number of rotatable bonds is 3. The molecule has 0 saturated carbocycles. The third kappa shape index (κ3) is 3.37. The number of hydrogen-bond acceptors (Lipinski definition) is 7. The van der Waals surface area contributed by atoms with Crippen LogP contribution in [0.5, 0.6) is 23.0 Å². The zero-order chi connectivity index (χ0) is 23.3. The largest absolute Gasteiger partial charge is 0.456 e. The lowest BCUT2D eigenvalue weighted by Gasteiger charge is -2.37. The van der Waals surface area contributed by atoms with Crippen molar-refractivity contribution in [3.63, 3.8) is 0 Å². The van der Waals surface area contributed by atoms with Crippen molar-refractivity contribution in [1.29, 1.82) is 0 Å². The minimum atomic E-state index is -1.05. The average molecular weight is 444 g/mol. The van der Waals surface area contributed by atoms with Crippen molar-refractivity contribution in [1.82, 2.24) is 0 Å². The van der Waals surface area contributed by atoms with Crippen LogP contribution in [-0.2, 0) is 26.5 Å². The van der Waals surface area contributed by atoms with Crippen molar-refractivity contribution >= 4 is 17.7 Å². The molecule has 2 aliphatic rings. The molecule has 3 aromatic rings. The van der Waals surface area contributed by atoms with Gasteiger partial charge in [0.1, 0.15) is 23.0 Å². The Hall–Kier alpha value is -3.97. The number of carbonyl (C=O) groups is 3. The first-order valence-corrected chi connectivity index (χ1v) is 10.4. The van der Waals surface area contributed by atoms with Crippen LogP contribution in [0.2, 0.25) is 0 Å². The lowest BCUT2D eigenvalue weighted by Crippen LogP contribution is -2.32. The van der Waals surface area contributed by atoms with Gasteiger partial charge in [0.2, 0.25) is 0 Å². The molecule has 0 fully saturated rings. The Bertz CT molecular complexity index is 1270. The molecule has 0 radical (unpaired) electrons. The number of carbonyl (C=O) groups excluding carboxylic acids is 3. The third-order valence-electron chi connectivity index (χ3n) is 5.75. The van der Waals surface area contributed by atoms with Crippen molar-refractivity contribution in [3.8, 4) is 23.0 Å². The van der Waals surface area contributed by atoms with Crippen LogP contribution in [0, 0.1) is 0 Å². The summed E-state index contributed by atoms with van der Waals surface area (Å²) < 4.78 is 23.1. The molecule has 0 aromatic heterocycles. The van der Waals surface area contributed by atoms with Crippen molar-refractivity contribution in [2.24, 2.45) is 0 Å². The number of esters is 2. The minimum Gasteiger partial charge on any atom is -0.456 e. The number of ketones is 1. The van der Waals surface area contributed by atoms with Crippen molar-refractivity contribution in [2.75, 3.05) is 0 Å². The van der Waals surface area contributed by atoms with Gasteiger partial charge >= 0.3 is 11.9 Å². The lowest BCUT2D eigenvalue weighted by atomic mass is 9.77. The van der Waals surface area contributed by atoms with E-state index in [1.54, 1.807) is 42.5 Å². The standard InChI is InChI=1S/C26H20O7/c1-14(27)17-4-5-18-13-30-26(23(18)10-17)21-8-6-19(31-15(2)28)11-24(21)33-25-12-20(32-16(3)29)7-9-22(25)26/h4-12H,13H2,1-3H3. The summed E-state index contributed by atoms with van der Waals surface area (Å²) in [5, 5.41) is 0. The van der Waals surface area contributed by atoms with Gasteiger partial charge in [0.25, 0.3) is 0 Å². The Labute approximate surface area is 189 Å². The summed E-state index contributed by atoms with van der Waals surface area (Å²) in [6, 6.07) is 15.7. The molecule has 0 atom stereocenters. The topological polar surface area (TPSA) is 88.1 Å². The van der Waals surface area contributed by atoms with Gasteiger partial charge < -0.3 is 18.9 Å². The van der Waals surface area contributed by atoms with Gasteiger partial charge in [0.05, 0.1) is 6.61 Å². The highest BCUT2D eigenvalue weighted by molar-refractivity contribution is 5.94. The molecule has 0 aliphatic carbocycles. The fourth-order valence-electron chi connectivity index (χ4n) is 4.44. The maximum absolute atomic E-state index is 12.1. The molecule has 0 unspecified atom stereocenters. The molecule has 7 heteroatoms. The van der Waals surface area contributed by atoms with Crippen molar-refractivity contribution < 1.29 is 33.3 Å². The van der Waals surface area contributed by atoms with Gasteiger partial charge in [-0.15, -0.1) is 0 Å². The Morgan fingerprint density at radius 1 is 0.758 bits per heavy atom. The summed E-state index contributed by atoms with van der Waals surface area (Å²) in [6.45, 7) is 4.50. The number of benzene rings is 3. The highest BCUT2D eigenvalue weighted by atomic mass is 16.5. The van der Waals surface area contributed by atoms with Crippen LogP contribution in [0.4, 0.5) is 0 Å². The Kier molecular flexibility index (Phi) is 4.79. The summed E-state index contributed by atoms with van der Waals surface area (Å²) in [5.74, 6) is 0.559. The second-order valence-electron chi connectivity index (χ2n) is 8.00. The molecule has 2 aliphatic heterocycles. The fourth-order valence-corrected chi connectivity index (χ4v) is 4.44. The summed E-state index contributed by atoms with van der Waals surface area (Å²) in [5.41, 5.74) is 2.73. The highest BCUT2D eigenvalue weighted by Gasteiger charge is 2.50. The molecular formula is C26H20O7. The van der Waals surface area contributed by atoms with E-state index in [4.69, 9.17) is 18.9 Å². The fraction of sp³-hybridized carbons (Fsp3) is 0.192. The third-order valence-corrected chi connectivity index (χ3v) is 5.75. The van der Waals surface area contributed by atoms with E-state index >= 15 is 0 Å². The van der Waals surface area contributed by atoms with Gasteiger partial charge in [-0.05, 0) is 48.4 Å². The van der Waals surface area contributed by atoms with E-state index in [0.29, 0.717) is 46.3 Å². The van der Waals surface area contributed by atoms with E-state index in [-0.39, 0.29) is 5.78 Å². The van der Waals surface area contributed by atoms with E-state index in [9.17, 15) is 14.4 Å². The Morgan fingerprint density at radius 3 is 1.85 bits per heavy atom. The van der Waals surface area contributed by atoms with E-state index in [2.05, 4.69) is 0 Å². The van der Waals surface area contributed by atoms with Crippen LogP contribution in [0.1, 0.15) is 53.4 Å². The molecule has 166 valence electrons. The van der Waals surface area contributed by atoms with Gasteiger partial charge in [-0.25, -0.2) is 0 Å². The van der Waals surface area contributed by atoms with E-state index in [0.717, 1.165) is 11.1 Å². The van der Waals surface area contributed by atoms with Gasteiger partial charge in [0.15, 0.2) is 11.4 Å². The number of ether oxygens (including phenoxy) is 4. The molecule has 7 nitrogen and oxygen atoms in total. The first-order chi connectivity index (χ1) is 15.8. The monoisotopic (exact) mass is 444 g/mol. The van der Waals surface area contributed by atoms with Crippen LogP contribution in [-0.4, -0.2) is 17.7 Å². The summed E-state index contributed by atoms with van der Waals surface area (Å²) in [7, 11) is 0. The van der Waals surface area contributed by atoms with Crippen LogP contribution >= 0.6 is 0 Å². The second-order valence-corrected chi connectivity index (χ2v) is 8.00. The summed E-state index contributed by atoms with van der Waals surface area (Å²) in [4.78, 5) is 35.1. The normalized spacial score (nSPS) is 14.5. The number of fused-ring (bicyclic) bond motifs is 6. The molecule has 33 heavy (non-hydrogen) atoms. The first kappa shape index (κ1) is 20.9. The highest BCUT2D eigenvalue weighted by Crippen LogP contribution is 2.57. The van der Waals surface area contributed by atoms with E-state index < -0.39 is 17.5 Å². The molecular weight excluding hydrogens is 424 g/mol. The Balaban J connectivity index is 1.76. The van der Waals surface area contributed by atoms with Crippen LogP contribution in [0.15, 0.2) is 54.6 Å². The van der Waals surface area contributed by atoms with Crippen LogP contribution < -0.4 is 14.2 Å². The minimum absolute atomic E-state index is 0.0530. The predicted octanol–water partition coefficient (Wildman–Crippen LogP) is 4.67. The molecule has 0 saturated heterocycles. The molecule has 0 N–H and O–H groups in total. The van der Waals surface area contributed by atoms with Gasteiger partial charge in [-0.2, -0.15) is 0 Å². The number of Topliss-reactive ketones (excluding diaryl/α,β-unsaturated/α-hetero) is 1. The van der Waals surface area contributed by atoms with Gasteiger partial charge in [0, 0.05) is 42.7 Å². The summed E-state index contributed by atoms with van der Waals surface area (Å²) >= 11 is 0. The molecule has 5 rings (SSSR count). The maximum Gasteiger partial charge on any atom is 0.308 e. The SMILES string of the molecule is CC(=O)Oc1ccc2c(c1)Oc1cc(OC(C)=O)ccc1C21OCc2ccc(C(C)=O)cc21. The zero-order valence-electron chi connectivity index (χ0n) is 18.3. The molecule has 0 amide bonds. The smallest absolute Gasteiger partial charge is 0.308 e. The quantitative estimate of drug-likeness (QED) is 0.330.